The molecule has 0 amide bonds. The van der Waals surface area contributed by atoms with Crippen molar-refractivity contribution in [2.45, 2.75) is 179 Å². The highest BCUT2D eigenvalue weighted by atomic mass is 16.7. The molecule has 1 saturated carbocycles. The van der Waals surface area contributed by atoms with Crippen LogP contribution in [0.15, 0.2) is 0 Å². The number of ether oxygens (including phenoxy) is 6. The van der Waals surface area contributed by atoms with Gasteiger partial charge in [0.1, 0.15) is 0 Å². The first-order valence-corrected chi connectivity index (χ1v) is 17.7. The van der Waals surface area contributed by atoms with Gasteiger partial charge in [0.05, 0.1) is 37.6 Å². The van der Waals surface area contributed by atoms with Gasteiger partial charge < -0.3 is 28.4 Å². The minimum atomic E-state index is -0.218. The molecule has 2 aliphatic rings. The van der Waals surface area contributed by atoms with Crippen LogP contribution in [0.1, 0.15) is 149 Å². The minimum Gasteiger partial charge on any atom is -0.382 e. The number of hydrogen-bond acceptors (Lipinski definition) is 6. The first kappa shape index (κ1) is 36.9. The lowest BCUT2D eigenvalue weighted by Gasteiger charge is -2.36. The smallest absolute Gasteiger partial charge is 0.160 e. The molecule has 0 spiro atoms. The predicted octanol–water partition coefficient (Wildman–Crippen LogP) is 9.02. The largest absolute Gasteiger partial charge is 0.382 e. The molecule has 1 saturated heterocycles. The summed E-state index contributed by atoms with van der Waals surface area (Å²) in [5, 5.41) is 0. The van der Waals surface area contributed by atoms with Gasteiger partial charge in [0, 0.05) is 40.3 Å². The Bertz CT molecular complexity index is 575. The molecule has 0 radical (unpaired) electrons. The quantitative estimate of drug-likeness (QED) is 0.0946. The maximum Gasteiger partial charge on any atom is 0.160 e. The van der Waals surface area contributed by atoms with E-state index >= 15 is 0 Å². The van der Waals surface area contributed by atoms with Crippen molar-refractivity contribution in [2.75, 3.05) is 40.6 Å². The summed E-state index contributed by atoms with van der Waals surface area (Å²) >= 11 is 0. The molecule has 244 valence electrons. The molecular formula is C35H68O6. The van der Waals surface area contributed by atoms with E-state index in [-0.39, 0.29) is 24.6 Å². The number of methoxy groups -OCH3 is 2. The molecular weight excluding hydrogens is 516 g/mol. The molecule has 0 bridgehead atoms. The Morgan fingerprint density at radius 1 is 0.634 bits per heavy atom. The van der Waals surface area contributed by atoms with Gasteiger partial charge in [-0.3, -0.25) is 0 Å². The fraction of sp³-hybridized carbons (Fsp3) is 1.00. The molecule has 0 N–H and O–H groups in total. The van der Waals surface area contributed by atoms with Crippen molar-refractivity contribution in [3.8, 4) is 0 Å². The van der Waals surface area contributed by atoms with Crippen LogP contribution in [0.25, 0.3) is 0 Å². The van der Waals surface area contributed by atoms with E-state index in [0.717, 1.165) is 51.9 Å². The topological polar surface area (TPSA) is 55.4 Å². The SMILES string of the molecule is CCCCCCCCCCOC1CCCC(COC2CC(OCCC(CCCCCCC)OC)CC(COC)O2)C1. The zero-order chi connectivity index (χ0) is 29.4. The molecule has 6 atom stereocenters. The zero-order valence-corrected chi connectivity index (χ0v) is 27.6. The van der Waals surface area contributed by atoms with E-state index in [1.807, 2.05) is 7.11 Å². The fourth-order valence-corrected chi connectivity index (χ4v) is 6.46. The average molecular weight is 585 g/mol. The second-order valence-electron chi connectivity index (χ2n) is 12.8. The molecule has 0 aromatic rings. The highest BCUT2D eigenvalue weighted by molar-refractivity contribution is 4.77. The third-order valence-electron chi connectivity index (χ3n) is 9.04. The summed E-state index contributed by atoms with van der Waals surface area (Å²) in [6.07, 6.45) is 26.4. The van der Waals surface area contributed by atoms with Crippen molar-refractivity contribution >= 4 is 0 Å². The second kappa shape index (κ2) is 25.1. The number of unbranched alkanes of at least 4 members (excludes halogenated alkanes) is 11. The van der Waals surface area contributed by atoms with Crippen LogP contribution in [0.4, 0.5) is 0 Å². The van der Waals surface area contributed by atoms with Gasteiger partial charge in [-0.05, 0) is 44.4 Å². The molecule has 1 aliphatic carbocycles. The van der Waals surface area contributed by atoms with Crippen LogP contribution in [0, 0.1) is 5.92 Å². The Morgan fingerprint density at radius 2 is 1.32 bits per heavy atom. The summed E-state index contributed by atoms with van der Waals surface area (Å²) in [5.74, 6) is 0.554. The Kier molecular flexibility index (Phi) is 22.6. The van der Waals surface area contributed by atoms with Crippen molar-refractivity contribution in [1.82, 2.24) is 0 Å². The van der Waals surface area contributed by atoms with Crippen molar-refractivity contribution in [1.29, 1.82) is 0 Å². The van der Waals surface area contributed by atoms with Crippen LogP contribution in [0.2, 0.25) is 0 Å². The van der Waals surface area contributed by atoms with Gasteiger partial charge in [-0.15, -0.1) is 0 Å². The van der Waals surface area contributed by atoms with Crippen LogP contribution in [0.3, 0.4) is 0 Å². The molecule has 41 heavy (non-hydrogen) atoms. The zero-order valence-electron chi connectivity index (χ0n) is 27.6. The van der Waals surface area contributed by atoms with Gasteiger partial charge in [0.25, 0.3) is 0 Å². The van der Waals surface area contributed by atoms with E-state index in [1.165, 1.54) is 103 Å². The maximum atomic E-state index is 6.37. The van der Waals surface area contributed by atoms with E-state index in [0.29, 0.717) is 18.6 Å². The van der Waals surface area contributed by atoms with Crippen LogP contribution in [0.5, 0.6) is 0 Å². The van der Waals surface area contributed by atoms with Gasteiger partial charge in [-0.25, -0.2) is 0 Å². The molecule has 1 aliphatic heterocycles. The van der Waals surface area contributed by atoms with Gasteiger partial charge >= 0.3 is 0 Å². The summed E-state index contributed by atoms with van der Waals surface area (Å²) in [6, 6.07) is 0. The second-order valence-corrected chi connectivity index (χ2v) is 12.8. The van der Waals surface area contributed by atoms with Gasteiger partial charge in [-0.2, -0.15) is 0 Å². The Morgan fingerprint density at radius 3 is 2.02 bits per heavy atom. The van der Waals surface area contributed by atoms with Gasteiger partial charge in [-0.1, -0.05) is 97.3 Å². The first-order chi connectivity index (χ1) is 20.2. The lowest BCUT2D eigenvalue weighted by molar-refractivity contribution is -0.234. The van der Waals surface area contributed by atoms with E-state index < -0.39 is 0 Å². The molecule has 6 unspecified atom stereocenters. The third-order valence-corrected chi connectivity index (χ3v) is 9.04. The van der Waals surface area contributed by atoms with E-state index in [4.69, 9.17) is 28.4 Å². The molecule has 2 rings (SSSR count). The maximum absolute atomic E-state index is 6.37. The van der Waals surface area contributed by atoms with Gasteiger partial charge in [0.15, 0.2) is 6.29 Å². The molecule has 0 aromatic heterocycles. The van der Waals surface area contributed by atoms with Crippen LogP contribution in [-0.2, 0) is 28.4 Å². The molecule has 6 heteroatoms. The van der Waals surface area contributed by atoms with E-state index in [9.17, 15) is 0 Å². The van der Waals surface area contributed by atoms with Crippen LogP contribution < -0.4 is 0 Å². The average Bonchev–Trinajstić information content (AvgIpc) is 2.98. The monoisotopic (exact) mass is 585 g/mol. The Labute approximate surface area is 254 Å². The predicted molar refractivity (Wildman–Crippen MR) is 169 cm³/mol. The Hall–Kier alpha value is -0.240. The lowest BCUT2D eigenvalue weighted by atomic mass is 9.87. The standard InChI is InChI=1S/C35H68O6/c1-5-7-9-11-12-13-15-17-23-38-32-21-18-19-30(25-32)28-40-35-27-33(26-34(41-35)29-36-3)39-24-22-31(37-4)20-16-14-10-8-6-2/h30-35H,5-29H2,1-4H3. The summed E-state index contributed by atoms with van der Waals surface area (Å²) in [4.78, 5) is 0. The summed E-state index contributed by atoms with van der Waals surface area (Å²) < 4.78 is 36.5. The van der Waals surface area contributed by atoms with E-state index in [1.54, 1.807) is 7.11 Å². The van der Waals surface area contributed by atoms with Gasteiger partial charge in [0.2, 0.25) is 0 Å². The molecule has 2 fully saturated rings. The number of hydrogen-bond donors (Lipinski definition) is 0. The van der Waals surface area contributed by atoms with Crippen molar-refractivity contribution in [3.05, 3.63) is 0 Å². The number of rotatable bonds is 26. The molecule has 0 aromatic carbocycles. The summed E-state index contributed by atoms with van der Waals surface area (Å²) in [7, 11) is 3.57. The summed E-state index contributed by atoms with van der Waals surface area (Å²) in [5.41, 5.74) is 0. The third kappa shape index (κ3) is 18.2. The van der Waals surface area contributed by atoms with Crippen molar-refractivity contribution in [3.63, 3.8) is 0 Å². The van der Waals surface area contributed by atoms with Crippen LogP contribution >= 0.6 is 0 Å². The van der Waals surface area contributed by atoms with Crippen LogP contribution in [-0.4, -0.2) is 71.4 Å². The lowest BCUT2D eigenvalue weighted by Crippen LogP contribution is -2.41. The first-order valence-electron chi connectivity index (χ1n) is 17.7. The minimum absolute atomic E-state index is 0.0228. The van der Waals surface area contributed by atoms with Crippen molar-refractivity contribution < 1.29 is 28.4 Å². The van der Waals surface area contributed by atoms with E-state index in [2.05, 4.69) is 13.8 Å². The molecule has 6 nitrogen and oxygen atoms in total. The highest BCUT2D eigenvalue weighted by Gasteiger charge is 2.32. The highest BCUT2D eigenvalue weighted by Crippen LogP contribution is 2.29. The fourth-order valence-electron chi connectivity index (χ4n) is 6.46. The van der Waals surface area contributed by atoms with Crippen molar-refractivity contribution in [2.24, 2.45) is 5.92 Å². The Balaban J connectivity index is 1.63. The summed E-state index contributed by atoms with van der Waals surface area (Å²) in [6.45, 7) is 7.51. The normalized spacial score (nSPS) is 25.9. The molecule has 1 heterocycles.